The van der Waals surface area contributed by atoms with Crippen LogP contribution in [-0.2, 0) is 4.74 Å². The van der Waals surface area contributed by atoms with Gasteiger partial charge in [0.05, 0.1) is 19.6 Å². The maximum Gasteiger partial charge on any atom is 1.04 e. The van der Waals surface area contributed by atoms with Crippen LogP contribution in [0.2, 0.25) is 0 Å². The molecule has 0 N–H and O–H groups in total. The largest absolute Gasteiger partial charge is 1.04 e. The second-order valence-corrected chi connectivity index (χ2v) is 6.18. The smallest absolute Gasteiger partial charge is 0.510 e. The SMILES string of the molecule is CCOC[N+]1(CC(C)C)CCCC1.[F][Al-]([F])([F])[F]. The molecule has 0 radical (unpaired) electrons. The highest BCUT2D eigenvalue weighted by molar-refractivity contribution is 6.50. The molecule has 7 heteroatoms. The summed E-state index contributed by atoms with van der Waals surface area (Å²) in [6.45, 7) is 12.5. The number of halogens is 4. The molecule has 1 fully saturated rings. The topological polar surface area (TPSA) is 9.23 Å². The van der Waals surface area contributed by atoms with Crippen LogP contribution in [0, 0.1) is 5.92 Å². The van der Waals surface area contributed by atoms with E-state index in [1.54, 1.807) is 0 Å². The van der Waals surface area contributed by atoms with Gasteiger partial charge in [0.25, 0.3) is 0 Å². The molecule has 1 aliphatic rings. The first-order chi connectivity index (χ1) is 8.18. The molecule has 0 bridgehead atoms. The zero-order valence-corrected chi connectivity index (χ0v) is 12.6. The Morgan fingerprint density at radius 2 is 1.56 bits per heavy atom. The summed E-state index contributed by atoms with van der Waals surface area (Å²) in [6, 6.07) is 0. The van der Waals surface area contributed by atoms with Crippen LogP contribution in [0.15, 0.2) is 0 Å². The van der Waals surface area contributed by atoms with E-state index in [4.69, 9.17) is 4.74 Å². The minimum absolute atomic E-state index is 0.790. The Bertz CT molecular complexity index is 212. The monoisotopic (exact) mass is 289 g/mol. The van der Waals surface area contributed by atoms with Gasteiger partial charge in [-0.3, -0.25) is 0 Å². The van der Waals surface area contributed by atoms with Crippen LogP contribution in [0.1, 0.15) is 33.6 Å². The van der Waals surface area contributed by atoms with Gasteiger partial charge in [0.1, 0.15) is 0 Å². The van der Waals surface area contributed by atoms with Gasteiger partial charge in [-0.1, -0.05) is 13.8 Å². The van der Waals surface area contributed by atoms with Gasteiger partial charge in [-0.25, -0.2) is 0 Å². The van der Waals surface area contributed by atoms with E-state index >= 15 is 0 Å². The molecule has 1 saturated heterocycles. The molecule has 0 aliphatic carbocycles. The minimum Gasteiger partial charge on any atom is -0.510 e. The molecule has 1 rings (SSSR count). The third-order valence-corrected chi connectivity index (χ3v) is 2.84. The Hall–Kier alpha value is 0.172. The van der Waals surface area contributed by atoms with Gasteiger partial charge in [0.15, 0.2) is 6.73 Å². The van der Waals surface area contributed by atoms with Crippen molar-refractivity contribution in [1.82, 2.24) is 0 Å². The summed E-state index contributed by atoms with van der Waals surface area (Å²) in [5.41, 5.74) is 0. The normalized spacial score (nSPS) is 18.7. The summed E-state index contributed by atoms with van der Waals surface area (Å²) in [5.74, 6) is 0.790. The molecule has 0 amide bonds. The van der Waals surface area contributed by atoms with E-state index in [0.29, 0.717) is 0 Å². The average molecular weight is 289 g/mol. The van der Waals surface area contributed by atoms with Crippen molar-refractivity contribution in [2.75, 3.05) is 33.0 Å². The zero-order chi connectivity index (χ0) is 14.2. The van der Waals surface area contributed by atoms with Crippen LogP contribution in [0.25, 0.3) is 0 Å². The van der Waals surface area contributed by atoms with E-state index < -0.39 is 14.9 Å². The van der Waals surface area contributed by atoms with Gasteiger partial charge < -0.3 is 23.3 Å². The lowest BCUT2D eigenvalue weighted by atomic mass is 10.2. The maximum atomic E-state index is 9.85. The summed E-state index contributed by atoms with van der Waals surface area (Å²) in [6.07, 6.45) is 2.78. The fraction of sp³-hybridized carbons (Fsp3) is 1.00. The summed E-state index contributed by atoms with van der Waals surface area (Å²) in [4.78, 5) is 0. The van der Waals surface area contributed by atoms with Crippen molar-refractivity contribution in [3.63, 3.8) is 0 Å². The number of likely N-dealkylation sites (tertiary alicyclic amines) is 1. The van der Waals surface area contributed by atoms with Crippen molar-refractivity contribution >= 4 is 14.9 Å². The third-order valence-electron chi connectivity index (χ3n) is 2.84. The first kappa shape index (κ1) is 18.2. The van der Waals surface area contributed by atoms with Gasteiger partial charge in [-0.05, 0) is 6.92 Å². The molecular weight excluding hydrogens is 265 g/mol. The number of hydrogen-bond acceptors (Lipinski definition) is 1. The van der Waals surface area contributed by atoms with E-state index in [1.165, 1.54) is 37.0 Å². The zero-order valence-electron chi connectivity index (χ0n) is 11.5. The van der Waals surface area contributed by atoms with Gasteiger partial charge in [0, 0.05) is 25.4 Å². The molecule has 0 spiro atoms. The number of rotatable bonds is 5. The van der Waals surface area contributed by atoms with E-state index in [0.717, 1.165) is 19.3 Å². The van der Waals surface area contributed by atoms with Crippen molar-refractivity contribution in [1.29, 1.82) is 0 Å². The van der Waals surface area contributed by atoms with Crippen LogP contribution in [-0.4, -0.2) is 52.4 Å². The van der Waals surface area contributed by atoms with Crippen molar-refractivity contribution in [3.8, 4) is 0 Å². The minimum atomic E-state index is -6.83. The standard InChI is InChI=1S/C11H24NO.Al.4FH/c1-4-13-10-12(9-11(2)3)7-5-6-8-12;;;;;/h11H,4-10H2,1-3H3;;4*1H/q+1;+3;;;;/p-4. The molecular formula is C11H24AlF4NO. The van der Waals surface area contributed by atoms with Gasteiger partial charge in [0.2, 0.25) is 0 Å². The number of quaternary nitrogens is 1. The lowest BCUT2D eigenvalue weighted by Crippen LogP contribution is -2.49. The van der Waals surface area contributed by atoms with Gasteiger partial charge in [-0.15, -0.1) is 0 Å². The predicted molar refractivity (Wildman–Crippen MR) is 65.6 cm³/mol. The molecule has 2 nitrogen and oxygen atoms in total. The fourth-order valence-corrected chi connectivity index (χ4v) is 2.43. The van der Waals surface area contributed by atoms with E-state index in [-0.39, 0.29) is 0 Å². The second-order valence-electron chi connectivity index (χ2n) is 5.19. The highest BCUT2D eigenvalue weighted by atomic mass is 27.5. The highest BCUT2D eigenvalue weighted by Gasteiger charge is 2.41. The van der Waals surface area contributed by atoms with E-state index in [9.17, 15) is 14.1 Å². The molecule has 1 aliphatic heterocycles. The third kappa shape index (κ3) is 10.1. The van der Waals surface area contributed by atoms with E-state index in [1.807, 2.05) is 0 Å². The van der Waals surface area contributed by atoms with Crippen molar-refractivity contribution < 1.29 is 23.3 Å². The summed E-state index contributed by atoms with van der Waals surface area (Å²) < 4.78 is 46.2. The molecule has 110 valence electrons. The van der Waals surface area contributed by atoms with Crippen LogP contribution >= 0.6 is 0 Å². The lowest BCUT2D eigenvalue weighted by molar-refractivity contribution is -0.937. The molecule has 0 atom stereocenters. The molecule has 0 aromatic heterocycles. The Morgan fingerprint density at radius 1 is 1.11 bits per heavy atom. The van der Waals surface area contributed by atoms with Crippen molar-refractivity contribution in [2.45, 2.75) is 33.6 Å². The molecule has 0 aromatic carbocycles. The van der Waals surface area contributed by atoms with Crippen LogP contribution in [0.5, 0.6) is 0 Å². The maximum absolute atomic E-state index is 9.85. The molecule has 0 saturated carbocycles. The quantitative estimate of drug-likeness (QED) is 0.427. The Labute approximate surface area is 111 Å². The van der Waals surface area contributed by atoms with Crippen molar-refractivity contribution in [2.24, 2.45) is 5.92 Å². The van der Waals surface area contributed by atoms with Crippen LogP contribution < -0.4 is 0 Å². The lowest BCUT2D eigenvalue weighted by Gasteiger charge is -2.35. The predicted octanol–water partition coefficient (Wildman–Crippen LogP) is 3.55. The second kappa shape index (κ2) is 8.36. The van der Waals surface area contributed by atoms with Crippen LogP contribution in [0.4, 0.5) is 14.1 Å². The first-order valence-electron chi connectivity index (χ1n) is 6.49. The Kier molecular flexibility index (Phi) is 8.44. The molecule has 0 aromatic rings. The Balaban J connectivity index is 0.000000494. The summed E-state index contributed by atoms with van der Waals surface area (Å²) in [7, 11) is 0. The average Bonchev–Trinajstić information content (AvgIpc) is 2.60. The molecule has 0 unspecified atom stereocenters. The molecule has 18 heavy (non-hydrogen) atoms. The first-order valence-corrected chi connectivity index (χ1v) is 8.23. The number of ether oxygens (including phenoxy) is 1. The van der Waals surface area contributed by atoms with Gasteiger partial charge in [-0.2, -0.15) is 0 Å². The van der Waals surface area contributed by atoms with Crippen LogP contribution in [0.3, 0.4) is 0 Å². The summed E-state index contributed by atoms with van der Waals surface area (Å²) >= 11 is -6.83. The fourth-order valence-electron chi connectivity index (χ4n) is 2.43. The molecule has 1 heterocycles. The summed E-state index contributed by atoms with van der Waals surface area (Å²) in [5, 5.41) is 0. The Morgan fingerprint density at radius 3 is 1.89 bits per heavy atom. The van der Waals surface area contributed by atoms with Crippen molar-refractivity contribution in [3.05, 3.63) is 0 Å². The number of nitrogens with zero attached hydrogens (tertiary/aromatic N) is 1. The van der Waals surface area contributed by atoms with Gasteiger partial charge >= 0.3 is 14.9 Å². The highest BCUT2D eigenvalue weighted by Crippen LogP contribution is 2.21. The van der Waals surface area contributed by atoms with E-state index in [2.05, 4.69) is 20.8 Å². The number of hydrogen-bond donors (Lipinski definition) is 0.